The minimum absolute atomic E-state index is 0.0869. The number of amides is 3. The molecule has 1 N–H and O–H groups in total. The van der Waals surface area contributed by atoms with E-state index < -0.39 is 46.7 Å². The highest BCUT2D eigenvalue weighted by atomic mass is 79.9. The van der Waals surface area contributed by atoms with E-state index >= 15 is 0 Å². The first-order valence-electron chi connectivity index (χ1n) is 8.23. The summed E-state index contributed by atoms with van der Waals surface area (Å²) in [6, 6.07) is 6.51. The van der Waals surface area contributed by atoms with Gasteiger partial charge in [-0.1, -0.05) is 6.07 Å². The summed E-state index contributed by atoms with van der Waals surface area (Å²) < 4.78 is 45.7. The number of ether oxygens (including phenoxy) is 1. The standard InChI is InChI=1S/C19H12BrF3N2O4S/c1-29-13-5-2-9(6-10(13)20)7-14-18(27)25(19(28)30-14)8-15(26)24-12-4-3-11(21)16(22)17(12)23/h2-7H,8H2,1H3,(H,24,26)/b14-7+. The lowest BCUT2D eigenvalue weighted by atomic mass is 10.2. The van der Waals surface area contributed by atoms with E-state index in [4.69, 9.17) is 4.74 Å². The molecule has 30 heavy (non-hydrogen) atoms. The monoisotopic (exact) mass is 500 g/mol. The topological polar surface area (TPSA) is 75.7 Å². The van der Waals surface area contributed by atoms with Crippen LogP contribution in [0.1, 0.15) is 5.56 Å². The second kappa shape index (κ2) is 8.92. The number of rotatable bonds is 5. The molecule has 0 spiro atoms. The van der Waals surface area contributed by atoms with Gasteiger partial charge in [-0.25, -0.2) is 13.2 Å². The first kappa shape index (κ1) is 21.9. The Morgan fingerprint density at radius 2 is 1.93 bits per heavy atom. The normalized spacial score (nSPS) is 15.1. The first-order chi connectivity index (χ1) is 14.2. The van der Waals surface area contributed by atoms with Crippen LogP contribution in [0.4, 0.5) is 23.7 Å². The number of thioether (sulfide) groups is 1. The average Bonchev–Trinajstić information content (AvgIpc) is 2.96. The lowest BCUT2D eigenvalue weighted by molar-refractivity contribution is -0.127. The van der Waals surface area contributed by atoms with Gasteiger partial charge in [-0.2, -0.15) is 0 Å². The maximum Gasteiger partial charge on any atom is 0.294 e. The summed E-state index contributed by atoms with van der Waals surface area (Å²) in [4.78, 5) is 37.5. The predicted molar refractivity (Wildman–Crippen MR) is 108 cm³/mol. The molecule has 2 aromatic rings. The van der Waals surface area contributed by atoms with Crippen LogP contribution >= 0.6 is 27.7 Å². The second-order valence-corrected chi connectivity index (χ2v) is 7.78. The predicted octanol–water partition coefficient (Wildman–Crippen LogP) is 4.55. The minimum atomic E-state index is -1.74. The van der Waals surface area contributed by atoms with Gasteiger partial charge in [-0.15, -0.1) is 0 Å². The molecule has 0 atom stereocenters. The Bertz CT molecular complexity index is 1090. The number of halogens is 4. The number of nitrogens with zero attached hydrogens (tertiary/aromatic N) is 1. The molecule has 1 heterocycles. The van der Waals surface area contributed by atoms with Crippen LogP contribution in [-0.4, -0.2) is 35.6 Å². The van der Waals surface area contributed by atoms with E-state index in [0.29, 0.717) is 38.5 Å². The largest absolute Gasteiger partial charge is 0.496 e. The van der Waals surface area contributed by atoms with E-state index in [0.717, 1.165) is 6.07 Å². The van der Waals surface area contributed by atoms with Crippen LogP contribution in [0, 0.1) is 17.5 Å². The second-order valence-electron chi connectivity index (χ2n) is 5.93. The zero-order chi connectivity index (χ0) is 22.0. The number of anilines is 1. The van der Waals surface area contributed by atoms with Crippen LogP contribution in [0.2, 0.25) is 0 Å². The third-order valence-corrected chi connectivity index (χ3v) is 5.49. The first-order valence-corrected chi connectivity index (χ1v) is 9.84. The number of methoxy groups -OCH3 is 1. The summed E-state index contributed by atoms with van der Waals surface area (Å²) in [5.74, 6) is -5.81. The van der Waals surface area contributed by atoms with Crippen LogP contribution < -0.4 is 10.1 Å². The van der Waals surface area contributed by atoms with E-state index in [1.165, 1.54) is 13.2 Å². The fraction of sp³-hybridized carbons (Fsp3) is 0.105. The fourth-order valence-corrected chi connectivity index (χ4v) is 3.91. The van der Waals surface area contributed by atoms with Crippen LogP contribution in [0.5, 0.6) is 5.75 Å². The highest BCUT2D eigenvalue weighted by Gasteiger charge is 2.36. The van der Waals surface area contributed by atoms with Gasteiger partial charge in [0.15, 0.2) is 17.5 Å². The summed E-state index contributed by atoms with van der Waals surface area (Å²) in [5, 5.41) is 1.32. The molecule has 2 aromatic carbocycles. The Labute approximate surface area is 181 Å². The summed E-state index contributed by atoms with van der Waals surface area (Å²) in [7, 11) is 1.50. The van der Waals surface area contributed by atoms with Crippen molar-refractivity contribution in [3.8, 4) is 5.75 Å². The Balaban J connectivity index is 1.73. The molecule has 11 heteroatoms. The lowest BCUT2D eigenvalue weighted by Crippen LogP contribution is -2.36. The van der Waals surface area contributed by atoms with Crippen molar-refractivity contribution in [1.29, 1.82) is 0 Å². The van der Waals surface area contributed by atoms with Gasteiger partial charge in [-0.05, 0) is 63.6 Å². The number of nitrogens with one attached hydrogen (secondary N) is 1. The molecular formula is C19H12BrF3N2O4S. The van der Waals surface area contributed by atoms with Gasteiger partial charge in [0.2, 0.25) is 5.91 Å². The fourth-order valence-electron chi connectivity index (χ4n) is 2.52. The molecule has 1 fully saturated rings. The van der Waals surface area contributed by atoms with Crippen molar-refractivity contribution in [3.63, 3.8) is 0 Å². The number of imide groups is 1. The lowest BCUT2D eigenvalue weighted by Gasteiger charge is -2.13. The molecule has 156 valence electrons. The summed E-state index contributed by atoms with van der Waals surface area (Å²) in [6.07, 6.45) is 1.47. The van der Waals surface area contributed by atoms with Gasteiger partial charge in [0.1, 0.15) is 12.3 Å². The molecule has 1 aliphatic rings. The van der Waals surface area contributed by atoms with Crippen molar-refractivity contribution in [2.24, 2.45) is 0 Å². The Hall–Kier alpha value is -2.79. The molecule has 0 unspecified atom stereocenters. The molecule has 0 bridgehead atoms. The van der Waals surface area contributed by atoms with E-state index in [1.807, 2.05) is 5.32 Å². The van der Waals surface area contributed by atoms with Crippen LogP contribution in [0.15, 0.2) is 39.7 Å². The number of hydrogen-bond acceptors (Lipinski definition) is 5. The molecule has 0 aromatic heterocycles. The molecule has 0 saturated carbocycles. The minimum Gasteiger partial charge on any atom is -0.496 e. The molecule has 1 aliphatic heterocycles. The van der Waals surface area contributed by atoms with Crippen molar-refractivity contribution < 1.29 is 32.3 Å². The van der Waals surface area contributed by atoms with Crippen molar-refractivity contribution in [3.05, 3.63) is 62.7 Å². The smallest absolute Gasteiger partial charge is 0.294 e. The summed E-state index contributed by atoms with van der Waals surface area (Å²) in [5.41, 5.74) is 0.00554. The zero-order valence-corrected chi connectivity index (χ0v) is 17.6. The maximum absolute atomic E-state index is 13.7. The van der Waals surface area contributed by atoms with Gasteiger partial charge >= 0.3 is 0 Å². The number of carbonyl (C=O) groups is 3. The van der Waals surface area contributed by atoms with E-state index in [2.05, 4.69) is 15.9 Å². The van der Waals surface area contributed by atoms with Gasteiger partial charge in [0.25, 0.3) is 11.1 Å². The Morgan fingerprint density at radius 3 is 2.60 bits per heavy atom. The van der Waals surface area contributed by atoms with Gasteiger partial charge in [0.05, 0.1) is 22.2 Å². The average molecular weight is 501 g/mol. The molecular weight excluding hydrogens is 489 g/mol. The van der Waals surface area contributed by atoms with Crippen molar-refractivity contribution in [2.75, 3.05) is 19.0 Å². The quantitative estimate of drug-likeness (QED) is 0.481. The van der Waals surface area contributed by atoms with Gasteiger partial charge in [0, 0.05) is 0 Å². The summed E-state index contributed by atoms with van der Waals surface area (Å²) >= 11 is 3.95. The van der Waals surface area contributed by atoms with Gasteiger partial charge in [-0.3, -0.25) is 19.3 Å². The molecule has 6 nitrogen and oxygen atoms in total. The molecule has 3 amide bonds. The number of carbonyl (C=O) groups excluding carboxylic acids is 3. The van der Waals surface area contributed by atoms with Gasteiger partial charge < -0.3 is 10.1 Å². The van der Waals surface area contributed by atoms with Crippen LogP contribution in [-0.2, 0) is 9.59 Å². The molecule has 0 radical (unpaired) electrons. The van der Waals surface area contributed by atoms with Crippen LogP contribution in [0.25, 0.3) is 6.08 Å². The van der Waals surface area contributed by atoms with Crippen molar-refractivity contribution >= 4 is 56.5 Å². The Kier molecular flexibility index (Phi) is 6.52. The van der Waals surface area contributed by atoms with Crippen molar-refractivity contribution in [2.45, 2.75) is 0 Å². The van der Waals surface area contributed by atoms with Crippen LogP contribution in [0.3, 0.4) is 0 Å². The SMILES string of the molecule is COc1ccc(/C=C2/SC(=O)N(CC(=O)Nc3ccc(F)c(F)c3F)C2=O)cc1Br. The zero-order valence-electron chi connectivity index (χ0n) is 15.2. The van der Waals surface area contributed by atoms with Crippen molar-refractivity contribution in [1.82, 2.24) is 4.90 Å². The molecule has 3 rings (SSSR count). The van der Waals surface area contributed by atoms with E-state index in [9.17, 15) is 27.6 Å². The third-order valence-electron chi connectivity index (χ3n) is 3.96. The maximum atomic E-state index is 13.7. The van der Waals surface area contributed by atoms with E-state index in [1.54, 1.807) is 18.2 Å². The number of hydrogen-bond donors (Lipinski definition) is 1. The van der Waals surface area contributed by atoms with E-state index in [-0.39, 0.29) is 4.91 Å². The number of benzene rings is 2. The summed E-state index contributed by atoms with van der Waals surface area (Å²) in [6.45, 7) is -0.716. The third kappa shape index (κ3) is 4.51. The highest BCUT2D eigenvalue weighted by Crippen LogP contribution is 2.33. The Morgan fingerprint density at radius 1 is 1.20 bits per heavy atom. The highest BCUT2D eigenvalue weighted by molar-refractivity contribution is 9.10. The molecule has 1 saturated heterocycles. The molecule has 0 aliphatic carbocycles.